The van der Waals surface area contributed by atoms with Crippen LogP contribution in [0.3, 0.4) is 0 Å². The molecule has 0 aliphatic heterocycles. The Morgan fingerprint density at radius 3 is 2.62 bits per heavy atom. The molecule has 0 heterocycles. The van der Waals surface area contributed by atoms with E-state index in [1.54, 1.807) is 12.1 Å². The van der Waals surface area contributed by atoms with Crippen molar-refractivity contribution in [2.24, 2.45) is 5.73 Å². The molecule has 4 heteroatoms. The Morgan fingerprint density at radius 2 is 2.00 bits per heavy atom. The predicted octanol–water partition coefficient (Wildman–Crippen LogP) is 3.79. The van der Waals surface area contributed by atoms with E-state index < -0.39 is 0 Å². The molecule has 0 spiro atoms. The van der Waals surface area contributed by atoms with Gasteiger partial charge in [-0.15, -0.1) is 0 Å². The van der Waals surface area contributed by atoms with Gasteiger partial charge < -0.3 is 10.6 Å². The Bertz CT molecular complexity index is 655. The number of nitrogens with zero attached hydrogens (tertiary/aromatic N) is 1. The maximum absolute atomic E-state index is 13.6. The summed E-state index contributed by atoms with van der Waals surface area (Å²) in [5.74, 6) is -0.371. The molecule has 0 aliphatic rings. The minimum Gasteiger partial charge on any atom is -0.389 e. The van der Waals surface area contributed by atoms with E-state index in [1.165, 1.54) is 11.6 Å². The zero-order chi connectivity index (χ0) is 15.4. The van der Waals surface area contributed by atoms with Gasteiger partial charge in [0.2, 0.25) is 0 Å². The lowest BCUT2D eigenvalue weighted by Crippen LogP contribution is -2.22. The first-order chi connectivity index (χ1) is 10.0. The number of rotatable bonds is 5. The first-order valence-corrected chi connectivity index (χ1v) is 7.32. The van der Waals surface area contributed by atoms with E-state index in [2.05, 4.69) is 36.9 Å². The van der Waals surface area contributed by atoms with Gasteiger partial charge >= 0.3 is 0 Å². The third kappa shape index (κ3) is 3.79. The fourth-order valence-electron chi connectivity index (χ4n) is 2.29. The Kier molecular flexibility index (Phi) is 4.91. The number of benzene rings is 2. The molecule has 21 heavy (non-hydrogen) atoms. The molecular weight excluding hydrogens is 283 g/mol. The molecule has 0 atom stereocenters. The lowest BCUT2D eigenvalue weighted by Gasteiger charge is -2.24. The van der Waals surface area contributed by atoms with E-state index >= 15 is 0 Å². The summed E-state index contributed by atoms with van der Waals surface area (Å²) >= 11 is 4.89. The number of halogens is 1. The molecule has 0 saturated carbocycles. The summed E-state index contributed by atoms with van der Waals surface area (Å²) in [5, 5.41) is 0. The van der Waals surface area contributed by atoms with Gasteiger partial charge in [0.05, 0.1) is 0 Å². The molecule has 0 unspecified atom stereocenters. The Labute approximate surface area is 130 Å². The van der Waals surface area contributed by atoms with Crippen LogP contribution in [0, 0.1) is 12.7 Å². The highest BCUT2D eigenvalue weighted by molar-refractivity contribution is 7.80. The van der Waals surface area contributed by atoms with E-state index in [-0.39, 0.29) is 10.8 Å². The third-order valence-corrected chi connectivity index (χ3v) is 3.64. The second-order valence-electron chi connectivity index (χ2n) is 5.03. The van der Waals surface area contributed by atoms with E-state index in [0.29, 0.717) is 12.1 Å². The first-order valence-electron chi connectivity index (χ1n) is 6.91. The molecule has 110 valence electrons. The first kappa shape index (κ1) is 15.4. The molecule has 0 aliphatic carbocycles. The number of anilines is 1. The quantitative estimate of drug-likeness (QED) is 0.852. The van der Waals surface area contributed by atoms with Crippen molar-refractivity contribution >= 4 is 22.9 Å². The minimum atomic E-state index is -0.371. The van der Waals surface area contributed by atoms with Crippen molar-refractivity contribution in [1.82, 2.24) is 0 Å². The highest BCUT2D eigenvalue weighted by Crippen LogP contribution is 2.19. The smallest absolute Gasteiger partial charge is 0.133 e. The average molecular weight is 302 g/mol. The predicted molar refractivity (Wildman–Crippen MR) is 90.2 cm³/mol. The second-order valence-corrected chi connectivity index (χ2v) is 5.47. The number of nitrogens with two attached hydrogens (primary N) is 1. The van der Waals surface area contributed by atoms with Crippen LogP contribution in [0.4, 0.5) is 10.1 Å². The number of aryl methyl sites for hydroxylation is 1. The molecule has 2 rings (SSSR count). The third-order valence-electron chi connectivity index (χ3n) is 3.42. The second kappa shape index (κ2) is 6.68. The molecule has 0 fully saturated rings. The molecule has 0 bridgehead atoms. The lowest BCUT2D eigenvalue weighted by atomic mass is 10.1. The number of thiocarbonyl (C=S) groups is 1. The minimum absolute atomic E-state index is 0.0907. The summed E-state index contributed by atoms with van der Waals surface area (Å²) in [5.41, 5.74) is 9.22. The maximum Gasteiger partial charge on any atom is 0.133 e. The van der Waals surface area contributed by atoms with Gasteiger partial charge in [0.1, 0.15) is 10.8 Å². The maximum atomic E-state index is 13.6. The summed E-state index contributed by atoms with van der Waals surface area (Å²) in [6.45, 7) is 5.72. The monoisotopic (exact) mass is 302 g/mol. The molecule has 0 amide bonds. The van der Waals surface area contributed by atoms with Crippen LogP contribution in [-0.4, -0.2) is 11.5 Å². The van der Waals surface area contributed by atoms with Gasteiger partial charge in [-0.2, -0.15) is 0 Å². The Hall–Kier alpha value is -1.94. The van der Waals surface area contributed by atoms with Crippen LogP contribution in [0.2, 0.25) is 0 Å². The molecule has 2 aromatic rings. The fraction of sp³-hybridized carbons (Fsp3) is 0.235. The SMILES string of the molecule is CCN(Cc1ccc(F)c(C(N)=S)c1)c1cccc(C)c1. The Balaban J connectivity index is 2.27. The van der Waals surface area contributed by atoms with Crippen molar-refractivity contribution in [3.63, 3.8) is 0 Å². The summed E-state index contributed by atoms with van der Waals surface area (Å²) in [6, 6.07) is 13.3. The molecule has 2 nitrogen and oxygen atoms in total. The molecule has 0 saturated heterocycles. The van der Waals surface area contributed by atoms with Gasteiger partial charge in [-0.3, -0.25) is 0 Å². The van der Waals surface area contributed by atoms with Gasteiger partial charge in [-0.05, 0) is 49.2 Å². The standard InChI is InChI=1S/C17H19FN2S/c1-3-20(14-6-4-5-12(2)9-14)11-13-7-8-16(18)15(10-13)17(19)21/h4-10H,3,11H2,1-2H3,(H2,19,21). The van der Waals surface area contributed by atoms with Gasteiger partial charge in [0.25, 0.3) is 0 Å². The van der Waals surface area contributed by atoms with E-state index in [4.69, 9.17) is 18.0 Å². The van der Waals surface area contributed by atoms with Gasteiger partial charge in [-0.1, -0.05) is 30.4 Å². The van der Waals surface area contributed by atoms with Crippen molar-refractivity contribution in [3.05, 3.63) is 65.0 Å². The molecule has 2 N–H and O–H groups in total. The van der Waals surface area contributed by atoms with Crippen molar-refractivity contribution in [2.75, 3.05) is 11.4 Å². The van der Waals surface area contributed by atoms with Crippen LogP contribution >= 0.6 is 12.2 Å². The topological polar surface area (TPSA) is 29.3 Å². The van der Waals surface area contributed by atoms with Crippen molar-refractivity contribution in [1.29, 1.82) is 0 Å². The van der Waals surface area contributed by atoms with Crippen LogP contribution < -0.4 is 10.6 Å². The zero-order valence-corrected chi connectivity index (χ0v) is 13.1. The average Bonchev–Trinajstić information content (AvgIpc) is 2.46. The molecule has 2 aromatic carbocycles. The summed E-state index contributed by atoms with van der Waals surface area (Å²) < 4.78 is 13.6. The largest absolute Gasteiger partial charge is 0.389 e. The normalized spacial score (nSPS) is 10.4. The zero-order valence-electron chi connectivity index (χ0n) is 12.3. The van der Waals surface area contributed by atoms with Crippen LogP contribution in [0.15, 0.2) is 42.5 Å². The van der Waals surface area contributed by atoms with E-state index in [1.807, 2.05) is 6.07 Å². The summed E-state index contributed by atoms with van der Waals surface area (Å²) in [4.78, 5) is 2.32. The van der Waals surface area contributed by atoms with Gasteiger partial charge in [-0.25, -0.2) is 4.39 Å². The summed E-state index contributed by atoms with van der Waals surface area (Å²) in [6.07, 6.45) is 0. The fourth-order valence-corrected chi connectivity index (χ4v) is 2.45. The number of hydrogen-bond acceptors (Lipinski definition) is 2. The highest BCUT2D eigenvalue weighted by atomic mass is 32.1. The van der Waals surface area contributed by atoms with Crippen LogP contribution in [0.5, 0.6) is 0 Å². The summed E-state index contributed by atoms with van der Waals surface area (Å²) in [7, 11) is 0. The van der Waals surface area contributed by atoms with Gasteiger partial charge in [0.15, 0.2) is 0 Å². The Morgan fingerprint density at radius 1 is 1.24 bits per heavy atom. The van der Waals surface area contributed by atoms with Crippen molar-refractivity contribution < 1.29 is 4.39 Å². The molecule has 0 aromatic heterocycles. The lowest BCUT2D eigenvalue weighted by molar-refractivity contribution is 0.624. The molecule has 0 radical (unpaired) electrons. The van der Waals surface area contributed by atoms with Crippen molar-refractivity contribution in [3.8, 4) is 0 Å². The van der Waals surface area contributed by atoms with E-state index in [9.17, 15) is 4.39 Å². The van der Waals surface area contributed by atoms with Crippen LogP contribution in [0.25, 0.3) is 0 Å². The molecular formula is C17H19FN2S. The van der Waals surface area contributed by atoms with Crippen molar-refractivity contribution in [2.45, 2.75) is 20.4 Å². The van der Waals surface area contributed by atoms with E-state index in [0.717, 1.165) is 17.8 Å². The number of hydrogen-bond donors (Lipinski definition) is 1. The van der Waals surface area contributed by atoms with Crippen LogP contribution in [-0.2, 0) is 6.54 Å². The highest BCUT2D eigenvalue weighted by Gasteiger charge is 2.10. The van der Waals surface area contributed by atoms with Crippen LogP contribution in [0.1, 0.15) is 23.6 Å². The van der Waals surface area contributed by atoms with Gasteiger partial charge in [0, 0.05) is 24.3 Å².